The van der Waals surface area contributed by atoms with Crippen molar-refractivity contribution in [1.29, 1.82) is 0 Å². The molecule has 4 rings (SSSR count). The van der Waals surface area contributed by atoms with Crippen molar-refractivity contribution in [2.45, 2.75) is 44.3 Å². The third-order valence-corrected chi connectivity index (χ3v) is 5.75. The van der Waals surface area contributed by atoms with Gasteiger partial charge in [0.25, 0.3) is 0 Å². The minimum absolute atomic E-state index is 0.176. The van der Waals surface area contributed by atoms with Gasteiger partial charge in [-0.05, 0) is 57.0 Å². The third-order valence-electron chi connectivity index (χ3n) is 5.75. The van der Waals surface area contributed by atoms with Crippen LogP contribution in [0.2, 0.25) is 0 Å². The fourth-order valence-corrected chi connectivity index (χ4v) is 4.57. The summed E-state index contributed by atoms with van der Waals surface area (Å²) in [5, 5.41) is 3.49. The van der Waals surface area contributed by atoms with E-state index in [0.717, 1.165) is 50.9 Å². The molecular weight excluding hydrogens is 240 g/mol. The molecule has 0 aromatic heterocycles. The van der Waals surface area contributed by atoms with E-state index in [9.17, 15) is 4.79 Å². The molecule has 1 N–H and O–H groups in total. The van der Waals surface area contributed by atoms with Crippen LogP contribution in [0.4, 0.5) is 0 Å². The average Bonchev–Trinajstić information content (AvgIpc) is 3.12. The van der Waals surface area contributed by atoms with Crippen molar-refractivity contribution in [3.63, 3.8) is 0 Å². The minimum atomic E-state index is 0.176. The highest BCUT2D eigenvalue weighted by molar-refractivity contribution is 5.80. The molecular formula is C15H24N2O2. The molecule has 0 spiro atoms. The van der Waals surface area contributed by atoms with Crippen molar-refractivity contribution in [3.8, 4) is 0 Å². The molecule has 4 nitrogen and oxygen atoms in total. The Balaban J connectivity index is 1.40. The van der Waals surface area contributed by atoms with Crippen LogP contribution in [0.25, 0.3) is 0 Å². The summed E-state index contributed by atoms with van der Waals surface area (Å²) in [6.07, 6.45) is 6.25. The second kappa shape index (κ2) is 4.74. The van der Waals surface area contributed by atoms with Gasteiger partial charge in [0.05, 0.1) is 18.1 Å². The molecule has 0 aliphatic carbocycles. The second-order valence-corrected chi connectivity index (χ2v) is 6.80. The summed E-state index contributed by atoms with van der Waals surface area (Å²) < 4.78 is 5.85. The number of nitrogens with zero attached hydrogens (tertiary/aromatic N) is 1. The maximum atomic E-state index is 12.7. The highest BCUT2D eigenvalue weighted by Gasteiger charge is 2.46. The summed E-state index contributed by atoms with van der Waals surface area (Å²) in [7, 11) is 0. The van der Waals surface area contributed by atoms with E-state index in [1.165, 1.54) is 19.3 Å². The van der Waals surface area contributed by atoms with Crippen molar-refractivity contribution >= 4 is 5.91 Å². The molecule has 4 aliphatic heterocycles. The fraction of sp³-hybridized carbons (Fsp3) is 0.933. The molecule has 1 amide bonds. The lowest BCUT2D eigenvalue weighted by atomic mass is 9.88. The van der Waals surface area contributed by atoms with Gasteiger partial charge in [-0.2, -0.15) is 0 Å². The van der Waals surface area contributed by atoms with E-state index in [2.05, 4.69) is 10.2 Å². The molecule has 5 atom stereocenters. The van der Waals surface area contributed by atoms with Gasteiger partial charge in [0.1, 0.15) is 0 Å². The summed E-state index contributed by atoms with van der Waals surface area (Å²) in [6, 6.07) is 0. The quantitative estimate of drug-likeness (QED) is 0.768. The van der Waals surface area contributed by atoms with E-state index in [4.69, 9.17) is 4.74 Å². The van der Waals surface area contributed by atoms with Gasteiger partial charge in [-0.25, -0.2) is 0 Å². The largest absolute Gasteiger partial charge is 0.374 e. The first kappa shape index (κ1) is 12.2. The van der Waals surface area contributed by atoms with Gasteiger partial charge >= 0.3 is 0 Å². The van der Waals surface area contributed by atoms with Crippen molar-refractivity contribution < 1.29 is 9.53 Å². The summed E-state index contributed by atoms with van der Waals surface area (Å²) in [5.41, 5.74) is 0. The number of hydrogen-bond acceptors (Lipinski definition) is 3. The van der Waals surface area contributed by atoms with Crippen LogP contribution in [0.1, 0.15) is 32.1 Å². The fourth-order valence-electron chi connectivity index (χ4n) is 4.57. The lowest BCUT2D eigenvalue weighted by Gasteiger charge is -2.27. The molecule has 2 bridgehead atoms. The van der Waals surface area contributed by atoms with Crippen molar-refractivity contribution in [3.05, 3.63) is 0 Å². The molecule has 4 heteroatoms. The molecule has 0 saturated carbocycles. The van der Waals surface area contributed by atoms with Gasteiger partial charge < -0.3 is 15.0 Å². The van der Waals surface area contributed by atoms with E-state index in [0.29, 0.717) is 12.0 Å². The van der Waals surface area contributed by atoms with E-state index in [1.807, 2.05) is 0 Å². The monoisotopic (exact) mass is 264 g/mol. The molecule has 0 aromatic carbocycles. The molecule has 0 aromatic rings. The second-order valence-electron chi connectivity index (χ2n) is 6.80. The summed E-state index contributed by atoms with van der Waals surface area (Å²) in [4.78, 5) is 14.8. The smallest absolute Gasteiger partial charge is 0.228 e. The predicted molar refractivity (Wildman–Crippen MR) is 71.7 cm³/mol. The Kier molecular flexibility index (Phi) is 3.03. The molecule has 0 radical (unpaired) electrons. The van der Waals surface area contributed by atoms with Crippen LogP contribution in [0.5, 0.6) is 0 Å². The van der Waals surface area contributed by atoms with Gasteiger partial charge in [0.2, 0.25) is 5.91 Å². The zero-order valence-electron chi connectivity index (χ0n) is 11.5. The van der Waals surface area contributed by atoms with Gasteiger partial charge in [0, 0.05) is 13.1 Å². The number of nitrogens with one attached hydrogen (secondary N) is 1. The summed E-state index contributed by atoms with van der Waals surface area (Å²) in [5.74, 6) is 2.16. The number of amides is 1. The Morgan fingerprint density at radius 2 is 1.79 bits per heavy atom. The van der Waals surface area contributed by atoms with Crippen LogP contribution in [0, 0.1) is 17.8 Å². The van der Waals surface area contributed by atoms with Crippen molar-refractivity contribution in [1.82, 2.24) is 10.2 Å². The zero-order chi connectivity index (χ0) is 12.8. The Morgan fingerprint density at radius 1 is 1.05 bits per heavy atom. The third kappa shape index (κ3) is 2.09. The molecule has 4 saturated heterocycles. The molecule has 3 unspecified atom stereocenters. The molecule has 106 valence electrons. The first-order chi connectivity index (χ1) is 9.31. The van der Waals surface area contributed by atoms with Crippen LogP contribution in [0.3, 0.4) is 0 Å². The van der Waals surface area contributed by atoms with Crippen LogP contribution in [-0.4, -0.2) is 49.2 Å². The number of ether oxygens (including phenoxy) is 1. The number of rotatable bonds is 1. The van der Waals surface area contributed by atoms with Crippen molar-refractivity contribution in [2.24, 2.45) is 17.8 Å². The first-order valence-electron chi connectivity index (χ1n) is 7.96. The lowest BCUT2D eigenvalue weighted by Crippen LogP contribution is -2.40. The van der Waals surface area contributed by atoms with E-state index in [-0.39, 0.29) is 12.0 Å². The zero-order valence-corrected chi connectivity index (χ0v) is 11.5. The van der Waals surface area contributed by atoms with E-state index < -0.39 is 0 Å². The number of likely N-dealkylation sites (tertiary alicyclic amines) is 1. The summed E-state index contributed by atoms with van der Waals surface area (Å²) in [6.45, 7) is 4.25. The normalized spacial score (nSPS) is 45.3. The highest BCUT2D eigenvalue weighted by Crippen LogP contribution is 2.40. The Bertz CT molecular complexity index is 359. The van der Waals surface area contributed by atoms with E-state index in [1.54, 1.807) is 0 Å². The van der Waals surface area contributed by atoms with Crippen LogP contribution in [-0.2, 0) is 9.53 Å². The van der Waals surface area contributed by atoms with Gasteiger partial charge in [0.15, 0.2) is 0 Å². The van der Waals surface area contributed by atoms with Crippen LogP contribution in [0.15, 0.2) is 0 Å². The molecule has 19 heavy (non-hydrogen) atoms. The first-order valence-corrected chi connectivity index (χ1v) is 7.96. The molecule has 4 aliphatic rings. The number of carbonyl (C=O) groups is 1. The SMILES string of the molecule is O=C(C1CC2CCC1O2)N1CC[C@@H]2CNC[C@@H]2CC1. The summed E-state index contributed by atoms with van der Waals surface area (Å²) >= 11 is 0. The maximum Gasteiger partial charge on any atom is 0.228 e. The number of hydrogen-bond donors (Lipinski definition) is 1. The molecule has 4 fully saturated rings. The van der Waals surface area contributed by atoms with Gasteiger partial charge in [-0.3, -0.25) is 4.79 Å². The standard InChI is InChI=1S/C15H24N2O2/c18-15(13-7-12-1-2-14(13)19-12)17-5-3-10-8-16-9-11(10)4-6-17/h10-14,16H,1-9H2/t10-,11+,12?,13?,14?. The lowest BCUT2D eigenvalue weighted by molar-refractivity contribution is -0.137. The number of carbonyl (C=O) groups excluding carboxylic acids is 1. The topological polar surface area (TPSA) is 41.6 Å². The van der Waals surface area contributed by atoms with Gasteiger partial charge in [-0.15, -0.1) is 0 Å². The maximum absolute atomic E-state index is 12.7. The minimum Gasteiger partial charge on any atom is -0.374 e. The predicted octanol–water partition coefficient (Wildman–Crippen LogP) is 1.01. The Morgan fingerprint density at radius 3 is 2.37 bits per heavy atom. The van der Waals surface area contributed by atoms with Crippen molar-refractivity contribution in [2.75, 3.05) is 26.2 Å². The van der Waals surface area contributed by atoms with Crippen LogP contribution < -0.4 is 5.32 Å². The Hall–Kier alpha value is -0.610. The highest BCUT2D eigenvalue weighted by atomic mass is 16.5. The Labute approximate surface area is 114 Å². The van der Waals surface area contributed by atoms with Crippen LogP contribution >= 0.6 is 0 Å². The average molecular weight is 264 g/mol. The molecule has 4 heterocycles. The number of fused-ring (bicyclic) bond motifs is 3. The van der Waals surface area contributed by atoms with Gasteiger partial charge in [-0.1, -0.05) is 0 Å². The van der Waals surface area contributed by atoms with E-state index >= 15 is 0 Å².